The first-order valence-corrected chi connectivity index (χ1v) is 6.90. The van der Waals surface area contributed by atoms with Gasteiger partial charge in [0, 0.05) is 13.1 Å². The van der Waals surface area contributed by atoms with E-state index in [1.54, 1.807) is 0 Å². The summed E-state index contributed by atoms with van der Waals surface area (Å²) in [5, 5.41) is 9.72. The van der Waals surface area contributed by atoms with Crippen LogP contribution in [0.4, 0.5) is 0 Å². The van der Waals surface area contributed by atoms with Crippen LogP contribution >= 0.6 is 0 Å². The third kappa shape index (κ3) is 3.69. The lowest BCUT2D eigenvalue weighted by Gasteiger charge is -2.40. The van der Waals surface area contributed by atoms with E-state index in [1.165, 1.54) is 7.11 Å². The first kappa shape index (κ1) is 15.4. The van der Waals surface area contributed by atoms with Crippen LogP contribution in [-0.4, -0.2) is 48.8 Å². The molecule has 1 heterocycles. The van der Waals surface area contributed by atoms with Crippen molar-refractivity contribution in [3.8, 4) is 0 Å². The van der Waals surface area contributed by atoms with Crippen LogP contribution in [0.5, 0.6) is 0 Å². The van der Waals surface area contributed by atoms with Gasteiger partial charge in [0.15, 0.2) is 0 Å². The van der Waals surface area contributed by atoms with Gasteiger partial charge in [-0.25, -0.2) is 0 Å². The summed E-state index contributed by atoms with van der Waals surface area (Å²) >= 11 is 0. The second-order valence-corrected chi connectivity index (χ2v) is 5.87. The fraction of sp³-hybridized carbons (Fsp3) is 0.929. The van der Waals surface area contributed by atoms with E-state index in [0.717, 1.165) is 32.4 Å². The summed E-state index contributed by atoms with van der Waals surface area (Å²) in [6.45, 7) is 8.52. The predicted octanol–water partition coefficient (Wildman–Crippen LogP) is 1.67. The van der Waals surface area contributed by atoms with Crippen molar-refractivity contribution in [3.63, 3.8) is 0 Å². The number of aliphatic hydroxyl groups is 1. The summed E-state index contributed by atoms with van der Waals surface area (Å²) < 4.78 is 4.90. The zero-order chi connectivity index (χ0) is 13.8. The van der Waals surface area contributed by atoms with Gasteiger partial charge in [0.2, 0.25) is 0 Å². The molecule has 0 bridgehead atoms. The van der Waals surface area contributed by atoms with Crippen molar-refractivity contribution >= 4 is 5.97 Å². The quantitative estimate of drug-likeness (QED) is 0.761. The largest absolute Gasteiger partial charge is 0.469 e. The molecule has 1 rings (SSSR count). The number of ether oxygens (including phenoxy) is 1. The third-order valence-electron chi connectivity index (χ3n) is 4.18. The van der Waals surface area contributed by atoms with Gasteiger partial charge in [-0.05, 0) is 45.6 Å². The Balaban J connectivity index is 2.60. The average molecular weight is 257 g/mol. The van der Waals surface area contributed by atoms with Crippen LogP contribution in [0.15, 0.2) is 0 Å². The number of methoxy groups -OCH3 is 1. The number of carbonyl (C=O) groups is 1. The molecule has 4 heteroatoms. The van der Waals surface area contributed by atoms with Crippen LogP contribution in [-0.2, 0) is 9.53 Å². The van der Waals surface area contributed by atoms with E-state index < -0.39 is 5.41 Å². The van der Waals surface area contributed by atoms with Crippen molar-refractivity contribution in [2.75, 3.05) is 26.7 Å². The van der Waals surface area contributed by atoms with Crippen molar-refractivity contribution in [3.05, 3.63) is 0 Å². The molecule has 1 saturated heterocycles. The molecule has 18 heavy (non-hydrogen) atoms. The van der Waals surface area contributed by atoms with Crippen LogP contribution in [0.3, 0.4) is 0 Å². The second kappa shape index (κ2) is 6.53. The molecule has 106 valence electrons. The van der Waals surface area contributed by atoms with E-state index in [9.17, 15) is 9.90 Å². The molecule has 0 amide bonds. The first-order chi connectivity index (χ1) is 8.41. The number of piperidine rings is 1. The molecule has 0 aliphatic carbocycles. The van der Waals surface area contributed by atoms with E-state index in [0.29, 0.717) is 12.5 Å². The van der Waals surface area contributed by atoms with Gasteiger partial charge < -0.3 is 14.7 Å². The molecule has 0 saturated carbocycles. The number of esters is 1. The number of hydrogen-bond donors (Lipinski definition) is 1. The molecule has 0 aromatic carbocycles. The number of aliphatic hydroxyl groups excluding tert-OH is 1. The lowest BCUT2D eigenvalue weighted by molar-refractivity contribution is -0.155. The zero-order valence-corrected chi connectivity index (χ0v) is 12.1. The molecule has 0 unspecified atom stereocenters. The maximum Gasteiger partial charge on any atom is 0.311 e. The maximum atomic E-state index is 11.8. The van der Waals surface area contributed by atoms with Gasteiger partial charge >= 0.3 is 5.97 Å². The van der Waals surface area contributed by atoms with E-state index in [-0.39, 0.29) is 12.1 Å². The maximum absolute atomic E-state index is 11.8. The Bertz CT molecular complexity index is 278. The smallest absolute Gasteiger partial charge is 0.311 e. The van der Waals surface area contributed by atoms with Gasteiger partial charge in [-0.2, -0.15) is 0 Å². The number of rotatable bonds is 5. The molecule has 0 aromatic rings. The summed E-state index contributed by atoms with van der Waals surface area (Å²) in [4.78, 5) is 14.1. The summed E-state index contributed by atoms with van der Waals surface area (Å²) in [5.41, 5.74) is -0.440. The summed E-state index contributed by atoms with van der Waals surface area (Å²) in [5.74, 6) is 0.174. The van der Waals surface area contributed by atoms with Crippen LogP contribution in [0.1, 0.15) is 40.0 Å². The monoisotopic (exact) mass is 257 g/mol. The SMILES string of the molecule is CC[C@H](O)CN1CCC[C@H](C(C)(C)C(=O)OC)C1. The van der Waals surface area contributed by atoms with Crippen molar-refractivity contribution in [1.82, 2.24) is 4.90 Å². The van der Waals surface area contributed by atoms with Gasteiger partial charge in [0.25, 0.3) is 0 Å². The molecule has 1 N–H and O–H groups in total. The summed E-state index contributed by atoms with van der Waals surface area (Å²) in [7, 11) is 1.45. The highest BCUT2D eigenvalue weighted by molar-refractivity contribution is 5.76. The first-order valence-electron chi connectivity index (χ1n) is 6.90. The second-order valence-electron chi connectivity index (χ2n) is 5.87. The van der Waals surface area contributed by atoms with E-state index in [4.69, 9.17) is 4.74 Å². The minimum atomic E-state index is -0.440. The van der Waals surface area contributed by atoms with Crippen molar-refractivity contribution in [1.29, 1.82) is 0 Å². The summed E-state index contributed by atoms with van der Waals surface area (Å²) in [6.07, 6.45) is 2.66. The minimum Gasteiger partial charge on any atom is -0.469 e. The average Bonchev–Trinajstić information content (AvgIpc) is 2.37. The highest BCUT2D eigenvalue weighted by Gasteiger charge is 2.39. The molecule has 0 radical (unpaired) electrons. The van der Waals surface area contributed by atoms with Crippen molar-refractivity contribution < 1.29 is 14.6 Å². The molecule has 0 spiro atoms. The molecular weight excluding hydrogens is 230 g/mol. The van der Waals surface area contributed by atoms with Gasteiger partial charge in [0.1, 0.15) is 0 Å². The van der Waals surface area contributed by atoms with Gasteiger partial charge in [-0.15, -0.1) is 0 Å². The molecule has 0 aromatic heterocycles. The highest BCUT2D eigenvalue weighted by Crippen LogP contribution is 2.35. The van der Waals surface area contributed by atoms with Crippen LogP contribution in [0, 0.1) is 11.3 Å². The fourth-order valence-electron chi connectivity index (χ4n) is 2.67. The van der Waals surface area contributed by atoms with E-state index >= 15 is 0 Å². The highest BCUT2D eigenvalue weighted by atomic mass is 16.5. The topological polar surface area (TPSA) is 49.8 Å². The standard InChI is InChI=1S/C14H27NO3/c1-5-12(16)10-15-8-6-7-11(9-15)14(2,3)13(17)18-4/h11-12,16H,5-10H2,1-4H3/t11-,12-/m0/s1. The van der Waals surface area contributed by atoms with Gasteiger partial charge in [-0.3, -0.25) is 4.79 Å². The number of likely N-dealkylation sites (tertiary alicyclic amines) is 1. The van der Waals surface area contributed by atoms with E-state index in [1.807, 2.05) is 20.8 Å². The molecule has 1 fully saturated rings. The van der Waals surface area contributed by atoms with Crippen molar-refractivity contribution in [2.24, 2.45) is 11.3 Å². The number of β-amino-alcohol motifs (C(OH)–C–C–N with tert-alkyl or cyclic N) is 1. The molecule has 1 aliphatic heterocycles. The van der Waals surface area contributed by atoms with E-state index in [2.05, 4.69) is 4.90 Å². The molecular formula is C14H27NO3. The predicted molar refractivity (Wildman–Crippen MR) is 71.3 cm³/mol. The third-order valence-corrected chi connectivity index (χ3v) is 4.18. The fourth-order valence-corrected chi connectivity index (χ4v) is 2.67. The van der Waals surface area contributed by atoms with Crippen LogP contribution < -0.4 is 0 Å². The minimum absolute atomic E-state index is 0.134. The molecule has 1 aliphatic rings. The Kier molecular flexibility index (Phi) is 5.60. The lowest BCUT2D eigenvalue weighted by atomic mass is 9.74. The number of hydrogen-bond acceptors (Lipinski definition) is 4. The Hall–Kier alpha value is -0.610. The van der Waals surface area contributed by atoms with Gasteiger partial charge in [0.05, 0.1) is 18.6 Å². The summed E-state index contributed by atoms with van der Waals surface area (Å²) in [6, 6.07) is 0. The van der Waals surface area contributed by atoms with Crippen LogP contribution in [0.2, 0.25) is 0 Å². The lowest BCUT2D eigenvalue weighted by Crippen LogP contribution is -2.47. The Labute approximate surface area is 110 Å². The molecule has 2 atom stereocenters. The normalized spacial score (nSPS) is 23.7. The molecule has 4 nitrogen and oxygen atoms in total. The number of nitrogens with zero attached hydrogens (tertiary/aromatic N) is 1. The van der Waals surface area contributed by atoms with Crippen molar-refractivity contribution in [2.45, 2.75) is 46.1 Å². The Morgan fingerprint density at radius 1 is 1.56 bits per heavy atom. The van der Waals surface area contributed by atoms with Gasteiger partial charge in [-0.1, -0.05) is 6.92 Å². The number of carbonyl (C=O) groups excluding carboxylic acids is 1. The Morgan fingerprint density at radius 2 is 2.22 bits per heavy atom. The Morgan fingerprint density at radius 3 is 2.78 bits per heavy atom. The zero-order valence-electron chi connectivity index (χ0n) is 12.1. The van der Waals surface area contributed by atoms with Crippen LogP contribution in [0.25, 0.3) is 0 Å².